The Morgan fingerprint density at radius 1 is 1.36 bits per heavy atom. The maximum atomic E-state index is 13.2. The summed E-state index contributed by atoms with van der Waals surface area (Å²) in [6.45, 7) is 9.99. The van der Waals surface area contributed by atoms with Crippen molar-refractivity contribution in [3.8, 4) is 0 Å². The average molecular weight is 458 g/mol. The van der Waals surface area contributed by atoms with Crippen LogP contribution in [0.2, 0.25) is 0 Å². The molecule has 6 heteroatoms. The Labute approximate surface area is 197 Å². The van der Waals surface area contributed by atoms with Crippen molar-refractivity contribution >= 4 is 11.9 Å². The number of ether oxygens (including phenoxy) is 2. The first-order valence-corrected chi connectivity index (χ1v) is 12.5. The van der Waals surface area contributed by atoms with Crippen LogP contribution in [0.4, 0.5) is 0 Å². The minimum Gasteiger partial charge on any atom is -0.456 e. The van der Waals surface area contributed by atoms with Gasteiger partial charge in [0.25, 0.3) is 0 Å². The molecule has 7 atom stereocenters. The molecule has 3 unspecified atom stereocenters. The highest BCUT2D eigenvalue weighted by Crippen LogP contribution is 2.62. The molecular weight excluding hydrogens is 418 g/mol. The molecule has 33 heavy (non-hydrogen) atoms. The number of esters is 1. The van der Waals surface area contributed by atoms with Gasteiger partial charge in [-0.25, -0.2) is 4.79 Å². The summed E-state index contributed by atoms with van der Waals surface area (Å²) in [6.07, 6.45) is 12.0. The molecule has 2 heterocycles. The van der Waals surface area contributed by atoms with Crippen molar-refractivity contribution in [1.29, 1.82) is 0 Å². The maximum absolute atomic E-state index is 13.2. The third-order valence-electron chi connectivity index (χ3n) is 8.80. The summed E-state index contributed by atoms with van der Waals surface area (Å²) < 4.78 is 13.2. The van der Waals surface area contributed by atoms with E-state index in [0.29, 0.717) is 12.3 Å². The van der Waals surface area contributed by atoms with E-state index >= 15 is 0 Å². The SMILES string of the molecule is C/C(=C\C(=O)O[C@H]1[C@H]2C(CC[C@H]2C)C2(C)OC1(C(C)C)C[C@H]2NC(=O)CO)C1=CC=CCC1. The van der Waals surface area contributed by atoms with Gasteiger partial charge in [-0.3, -0.25) is 4.79 Å². The zero-order chi connectivity index (χ0) is 24.0. The topological polar surface area (TPSA) is 84.9 Å². The Hall–Kier alpha value is -1.92. The van der Waals surface area contributed by atoms with Gasteiger partial charge in [-0.1, -0.05) is 39.0 Å². The van der Waals surface area contributed by atoms with Gasteiger partial charge in [0.15, 0.2) is 0 Å². The highest BCUT2D eigenvalue weighted by molar-refractivity contribution is 5.84. The standard InChI is InChI=1S/C27H39NO5/c1-16(2)27-14-21(28-22(30)15-29)26(5,33-27)20-12-11-17(3)24(20)25(27)32-23(31)13-18(4)19-9-7-6-8-10-19/h6-7,9,13,16-17,20-21,24-25,29H,8,10-12,14-15H2,1-5H3,(H,28,30)/b18-13+/t17-,20?,21-,24-,25+,26?,27?/m1/s1. The molecule has 2 N–H and O–H groups in total. The van der Waals surface area contributed by atoms with Gasteiger partial charge >= 0.3 is 5.97 Å². The van der Waals surface area contributed by atoms with Crippen LogP contribution in [0.5, 0.6) is 0 Å². The molecule has 4 aliphatic rings. The molecule has 2 saturated heterocycles. The number of hydrogen-bond donors (Lipinski definition) is 2. The number of amides is 1. The van der Waals surface area contributed by atoms with Crippen LogP contribution < -0.4 is 5.32 Å². The number of allylic oxidation sites excluding steroid dienone is 5. The van der Waals surface area contributed by atoms with Gasteiger partial charge in [-0.15, -0.1) is 0 Å². The number of rotatable bonds is 6. The van der Waals surface area contributed by atoms with Gasteiger partial charge in [-0.05, 0) is 68.4 Å². The van der Waals surface area contributed by atoms with E-state index in [1.807, 2.05) is 13.0 Å². The van der Waals surface area contributed by atoms with Gasteiger partial charge < -0.3 is 19.9 Å². The minimum atomic E-state index is -0.674. The number of nitrogens with one attached hydrogen (secondary N) is 1. The molecule has 4 rings (SSSR count). The van der Waals surface area contributed by atoms with E-state index in [-0.39, 0.29) is 41.8 Å². The molecule has 1 amide bonds. The van der Waals surface area contributed by atoms with Gasteiger partial charge in [-0.2, -0.15) is 0 Å². The number of fused-ring (bicyclic) bond motifs is 4. The molecule has 0 aromatic carbocycles. The molecule has 0 aromatic rings. The summed E-state index contributed by atoms with van der Waals surface area (Å²) in [5.41, 5.74) is 0.894. The van der Waals surface area contributed by atoms with E-state index in [4.69, 9.17) is 9.47 Å². The quantitative estimate of drug-likeness (QED) is 0.468. The third kappa shape index (κ3) is 4.10. The summed E-state index contributed by atoms with van der Waals surface area (Å²) in [4.78, 5) is 25.3. The molecule has 1 saturated carbocycles. The fraction of sp³-hybridized carbons (Fsp3) is 0.704. The number of carbonyl (C=O) groups is 2. The summed E-state index contributed by atoms with van der Waals surface area (Å²) in [5.74, 6) is 0.145. The van der Waals surface area contributed by atoms with Crippen molar-refractivity contribution in [3.63, 3.8) is 0 Å². The summed E-state index contributed by atoms with van der Waals surface area (Å²) in [7, 11) is 0. The van der Waals surface area contributed by atoms with Crippen LogP contribution in [0.3, 0.4) is 0 Å². The first-order chi connectivity index (χ1) is 15.6. The predicted molar refractivity (Wildman–Crippen MR) is 126 cm³/mol. The zero-order valence-corrected chi connectivity index (χ0v) is 20.6. The Bertz CT molecular complexity index is 889. The average Bonchev–Trinajstić information content (AvgIpc) is 3.30. The van der Waals surface area contributed by atoms with E-state index in [2.05, 4.69) is 45.2 Å². The number of carbonyl (C=O) groups excluding carboxylic acids is 2. The summed E-state index contributed by atoms with van der Waals surface area (Å²) in [6, 6.07) is -0.225. The van der Waals surface area contributed by atoms with Crippen molar-refractivity contribution in [3.05, 3.63) is 35.5 Å². The maximum Gasteiger partial charge on any atom is 0.331 e. The third-order valence-corrected chi connectivity index (χ3v) is 8.80. The first-order valence-electron chi connectivity index (χ1n) is 12.5. The van der Waals surface area contributed by atoms with E-state index in [1.165, 1.54) is 5.57 Å². The van der Waals surface area contributed by atoms with Crippen molar-refractivity contribution in [2.24, 2.45) is 23.7 Å². The Morgan fingerprint density at radius 3 is 2.76 bits per heavy atom. The van der Waals surface area contributed by atoms with Gasteiger partial charge in [0, 0.05) is 18.4 Å². The Kier molecular flexibility index (Phi) is 6.62. The summed E-state index contributed by atoms with van der Waals surface area (Å²) in [5, 5.41) is 12.4. The lowest BCUT2D eigenvalue weighted by atomic mass is 9.69. The normalized spacial score (nSPS) is 39.9. The second kappa shape index (κ2) is 9.03. The van der Waals surface area contributed by atoms with E-state index < -0.39 is 17.8 Å². The molecule has 0 radical (unpaired) electrons. The fourth-order valence-electron chi connectivity index (χ4n) is 6.93. The molecule has 2 bridgehead atoms. The lowest BCUT2D eigenvalue weighted by Crippen LogP contribution is -2.63. The van der Waals surface area contributed by atoms with Gasteiger partial charge in [0.1, 0.15) is 18.3 Å². The van der Waals surface area contributed by atoms with Crippen molar-refractivity contribution in [2.45, 2.75) is 90.1 Å². The first kappa shape index (κ1) is 24.2. The molecule has 2 aliphatic heterocycles. The fourth-order valence-corrected chi connectivity index (χ4v) is 6.93. The van der Waals surface area contributed by atoms with Crippen LogP contribution in [0, 0.1) is 23.7 Å². The van der Waals surface area contributed by atoms with E-state index in [9.17, 15) is 14.7 Å². The number of hydrogen-bond acceptors (Lipinski definition) is 5. The monoisotopic (exact) mass is 457 g/mol. The molecule has 3 fully saturated rings. The highest BCUT2D eigenvalue weighted by atomic mass is 16.6. The zero-order valence-electron chi connectivity index (χ0n) is 20.6. The number of aliphatic hydroxyl groups is 1. The smallest absolute Gasteiger partial charge is 0.331 e. The minimum absolute atomic E-state index is 0.0932. The Morgan fingerprint density at radius 2 is 2.12 bits per heavy atom. The molecular formula is C27H39NO5. The van der Waals surface area contributed by atoms with Crippen molar-refractivity contribution in [2.75, 3.05) is 6.61 Å². The van der Waals surface area contributed by atoms with Crippen LogP contribution in [0.1, 0.15) is 66.7 Å². The van der Waals surface area contributed by atoms with E-state index in [0.717, 1.165) is 31.3 Å². The lowest BCUT2D eigenvalue weighted by molar-refractivity contribution is -0.259. The predicted octanol–water partition coefficient (Wildman–Crippen LogP) is 3.85. The van der Waals surface area contributed by atoms with Crippen LogP contribution in [0.25, 0.3) is 0 Å². The summed E-state index contributed by atoms with van der Waals surface area (Å²) >= 11 is 0. The van der Waals surface area contributed by atoms with Crippen LogP contribution in [-0.2, 0) is 19.1 Å². The largest absolute Gasteiger partial charge is 0.456 e. The lowest BCUT2D eigenvalue weighted by Gasteiger charge is -2.53. The van der Waals surface area contributed by atoms with Crippen molar-refractivity contribution in [1.82, 2.24) is 5.32 Å². The molecule has 6 nitrogen and oxygen atoms in total. The van der Waals surface area contributed by atoms with Crippen LogP contribution >= 0.6 is 0 Å². The second-order valence-electron chi connectivity index (χ2n) is 11.0. The highest BCUT2D eigenvalue weighted by Gasteiger charge is 2.71. The molecule has 2 aliphatic carbocycles. The van der Waals surface area contributed by atoms with Crippen LogP contribution in [-0.4, -0.2) is 46.9 Å². The van der Waals surface area contributed by atoms with E-state index in [1.54, 1.807) is 6.08 Å². The van der Waals surface area contributed by atoms with Gasteiger partial charge in [0.05, 0.1) is 11.6 Å². The van der Waals surface area contributed by atoms with Crippen LogP contribution in [0.15, 0.2) is 35.5 Å². The number of aliphatic hydroxyl groups excluding tert-OH is 1. The second-order valence-corrected chi connectivity index (χ2v) is 11.0. The van der Waals surface area contributed by atoms with Gasteiger partial charge in [0.2, 0.25) is 5.91 Å². The molecule has 0 spiro atoms. The molecule has 182 valence electrons. The molecule has 0 aromatic heterocycles. The van der Waals surface area contributed by atoms with Crippen molar-refractivity contribution < 1.29 is 24.2 Å². The Balaban J connectivity index is 1.66.